The summed E-state index contributed by atoms with van der Waals surface area (Å²) in [5.41, 5.74) is 1.82. The van der Waals surface area contributed by atoms with Crippen molar-refractivity contribution < 1.29 is 27.4 Å². The SMILES string of the molecule is CCOC(=O)COc1ccc(C(CCc2sc3cc(C(F)(F)F)ccc3c2C(C)C)N=O)cc1C. The van der Waals surface area contributed by atoms with Crippen LogP contribution in [0.3, 0.4) is 0 Å². The normalized spacial score (nSPS) is 12.7. The van der Waals surface area contributed by atoms with Gasteiger partial charge < -0.3 is 9.47 Å². The summed E-state index contributed by atoms with van der Waals surface area (Å²) in [5, 5.41) is 4.13. The quantitative estimate of drug-likeness (QED) is 0.208. The molecule has 1 aromatic heterocycles. The molecule has 0 bridgehead atoms. The summed E-state index contributed by atoms with van der Waals surface area (Å²) in [7, 11) is 0. The summed E-state index contributed by atoms with van der Waals surface area (Å²) >= 11 is 1.34. The van der Waals surface area contributed by atoms with Gasteiger partial charge in [-0.2, -0.15) is 18.1 Å². The van der Waals surface area contributed by atoms with Crippen molar-refractivity contribution in [3.63, 3.8) is 0 Å². The van der Waals surface area contributed by atoms with E-state index >= 15 is 0 Å². The Morgan fingerprint density at radius 1 is 1.14 bits per heavy atom. The van der Waals surface area contributed by atoms with Gasteiger partial charge in [0, 0.05) is 9.58 Å². The first-order valence-electron chi connectivity index (χ1n) is 11.4. The summed E-state index contributed by atoms with van der Waals surface area (Å²) < 4.78 is 50.5. The van der Waals surface area contributed by atoms with E-state index in [1.54, 1.807) is 31.2 Å². The third kappa shape index (κ3) is 6.39. The highest BCUT2D eigenvalue weighted by atomic mass is 32.1. The molecule has 35 heavy (non-hydrogen) atoms. The second-order valence-corrected chi connectivity index (χ2v) is 9.72. The van der Waals surface area contributed by atoms with Gasteiger partial charge in [0.15, 0.2) is 6.61 Å². The number of hydrogen-bond acceptors (Lipinski definition) is 6. The molecule has 3 aromatic rings. The van der Waals surface area contributed by atoms with E-state index in [9.17, 15) is 22.9 Å². The van der Waals surface area contributed by atoms with Crippen molar-refractivity contribution in [3.8, 4) is 5.75 Å². The van der Waals surface area contributed by atoms with Crippen LogP contribution in [0.1, 0.15) is 66.3 Å². The Morgan fingerprint density at radius 3 is 2.49 bits per heavy atom. The smallest absolute Gasteiger partial charge is 0.416 e. The number of ether oxygens (including phenoxy) is 2. The second kappa shape index (κ2) is 11.2. The first-order valence-corrected chi connectivity index (χ1v) is 12.2. The molecule has 0 fully saturated rings. The minimum absolute atomic E-state index is 0.121. The third-order valence-corrected chi connectivity index (χ3v) is 6.94. The number of hydrogen-bond donors (Lipinski definition) is 0. The van der Waals surface area contributed by atoms with Gasteiger partial charge in [0.1, 0.15) is 11.8 Å². The van der Waals surface area contributed by atoms with Crippen LogP contribution in [0.2, 0.25) is 0 Å². The molecule has 3 rings (SSSR count). The van der Waals surface area contributed by atoms with Crippen LogP contribution in [-0.2, 0) is 22.1 Å². The van der Waals surface area contributed by atoms with Crippen LogP contribution in [0.4, 0.5) is 13.2 Å². The number of nitroso groups, excluding NO2 is 1. The highest BCUT2D eigenvalue weighted by Crippen LogP contribution is 2.41. The second-order valence-electron chi connectivity index (χ2n) is 8.58. The maximum atomic E-state index is 13.2. The predicted molar refractivity (Wildman–Crippen MR) is 131 cm³/mol. The van der Waals surface area contributed by atoms with Gasteiger partial charge in [0.25, 0.3) is 0 Å². The lowest BCUT2D eigenvalue weighted by Gasteiger charge is -2.14. The van der Waals surface area contributed by atoms with Gasteiger partial charge in [-0.3, -0.25) is 0 Å². The van der Waals surface area contributed by atoms with Crippen molar-refractivity contribution in [1.82, 2.24) is 0 Å². The molecule has 0 aliphatic heterocycles. The van der Waals surface area contributed by atoms with Crippen LogP contribution >= 0.6 is 11.3 Å². The summed E-state index contributed by atoms with van der Waals surface area (Å²) in [6.07, 6.45) is -3.46. The van der Waals surface area contributed by atoms with Crippen molar-refractivity contribution >= 4 is 27.4 Å². The van der Waals surface area contributed by atoms with E-state index in [4.69, 9.17) is 9.47 Å². The molecule has 0 spiro atoms. The molecule has 0 aliphatic carbocycles. The van der Waals surface area contributed by atoms with E-state index in [0.717, 1.165) is 27.5 Å². The Balaban J connectivity index is 1.79. The third-order valence-electron chi connectivity index (χ3n) is 5.72. The van der Waals surface area contributed by atoms with Gasteiger partial charge in [0.05, 0.1) is 12.2 Å². The number of rotatable bonds is 10. The zero-order chi connectivity index (χ0) is 25.8. The van der Waals surface area contributed by atoms with E-state index in [1.807, 2.05) is 20.8 Å². The Morgan fingerprint density at radius 2 is 1.89 bits per heavy atom. The Kier molecular flexibility index (Phi) is 8.53. The Labute approximate surface area is 206 Å². The number of fused-ring (bicyclic) bond motifs is 1. The molecule has 2 aromatic carbocycles. The molecule has 1 heterocycles. The van der Waals surface area contributed by atoms with Gasteiger partial charge in [-0.05, 0) is 72.9 Å². The molecule has 0 aliphatic rings. The number of thiophene rings is 1. The molecule has 0 N–H and O–H groups in total. The molecular weight excluding hydrogens is 479 g/mol. The number of benzene rings is 2. The molecule has 0 saturated heterocycles. The Hall–Kier alpha value is -2.94. The van der Waals surface area contributed by atoms with Crippen molar-refractivity contribution in [2.45, 2.75) is 58.7 Å². The van der Waals surface area contributed by atoms with Crippen LogP contribution in [0.25, 0.3) is 10.1 Å². The minimum Gasteiger partial charge on any atom is -0.482 e. The number of halogens is 3. The molecule has 188 valence electrons. The standard InChI is InChI=1S/C26H28F3NO4S/c1-5-33-24(31)14-34-21-10-6-17(12-16(21)4)20(30-32)9-11-22-25(15(2)3)19-8-7-18(26(27,28)29)13-23(19)35-22/h6-8,10,12-13,15,20H,5,9,11,14H2,1-4H3. The summed E-state index contributed by atoms with van der Waals surface area (Å²) in [6, 6.07) is 8.47. The van der Waals surface area contributed by atoms with Crippen molar-refractivity contribution in [2.75, 3.05) is 13.2 Å². The average molecular weight is 508 g/mol. The van der Waals surface area contributed by atoms with Gasteiger partial charge in [-0.25, -0.2) is 4.79 Å². The first kappa shape index (κ1) is 26.7. The largest absolute Gasteiger partial charge is 0.482 e. The van der Waals surface area contributed by atoms with Crippen LogP contribution in [-0.4, -0.2) is 19.2 Å². The van der Waals surface area contributed by atoms with E-state index in [1.165, 1.54) is 17.4 Å². The van der Waals surface area contributed by atoms with Gasteiger partial charge in [0.2, 0.25) is 0 Å². The van der Waals surface area contributed by atoms with E-state index < -0.39 is 23.8 Å². The molecule has 0 amide bonds. The average Bonchev–Trinajstić information content (AvgIpc) is 3.16. The highest BCUT2D eigenvalue weighted by molar-refractivity contribution is 7.19. The fourth-order valence-corrected chi connectivity index (χ4v) is 5.51. The van der Waals surface area contributed by atoms with Crippen molar-refractivity contribution in [2.24, 2.45) is 5.18 Å². The minimum atomic E-state index is -4.40. The number of alkyl halides is 3. The zero-order valence-electron chi connectivity index (χ0n) is 20.1. The summed E-state index contributed by atoms with van der Waals surface area (Å²) in [4.78, 5) is 24.2. The molecular formula is C26H28F3NO4S. The van der Waals surface area contributed by atoms with E-state index in [-0.39, 0.29) is 19.1 Å². The van der Waals surface area contributed by atoms with Crippen molar-refractivity contribution in [1.29, 1.82) is 0 Å². The summed E-state index contributed by atoms with van der Waals surface area (Å²) in [6.45, 7) is 7.62. The van der Waals surface area contributed by atoms with Crippen LogP contribution in [0.15, 0.2) is 41.6 Å². The fourth-order valence-electron chi connectivity index (χ4n) is 4.09. The van der Waals surface area contributed by atoms with Crippen molar-refractivity contribution in [3.05, 3.63) is 68.4 Å². The van der Waals surface area contributed by atoms with Gasteiger partial charge >= 0.3 is 12.1 Å². The molecule has 1 unspecified atom stereocenters. The van der Waals surface area contributed by atoms with Crippen LogP contribution in [0.5, 0.6) is 5.75 Å². The molecule has 0 radical (unpaired) electrons. The number of carbonyl (C=O) groups is 1. The zero-order valence-corrected chi connectivity index (χ0v) is 20.9. The van der Waals surface area contributed by atoms with Crippen LogP contribution in [0, 0.1) is 11.8 Å². The Bertz CT molecular complexity index is 1200. The lowest BCUT2D eigenvalue weighted by Crippen LogP contribution is -2.15. The highest BCUT2D eigenvalue weighted by Gasteiger charge is 2.31. The lowest BCUT2D eigenvalue weighted by atomic mass is 9.95. The maximum Gasteiger partial charge on any atom is 0.416 e. The van der Waals surface area contributed by atoms with E-state index in [0.29, 0.717) is 28.9 Å². The fraction of sp³-hybridized carbons (Fsp3) is 0.423. The molecule has 9 heteroatoms. The molecule has 0 saturated carbocycles. The molecule has 5 nitrogen and oxygen atoms in total. The lowest BCUT2D eigenvalue weighted by molar-refractivity contribution is -0.145. The summed E-state index contributed by atoms with van der Waals surface area (Å²) in [5.74, 6) is 0.171. The topological polar surface area (TPSA) is 65.0 Å². The number of carbonyl (C=O) groups excluding carboxylic acids is 1. The first-order chi connectivity index (χ1) is 16.5. The monoisotopic (exact) mass is 507 g/mol. The van der Waals surface area contributed by atoms with Gasteiger partial charge in [-0.15, -0.1) is 11.3 Å². The number of nitrogens with zero attached hydrogens (tertiary/aromatic N) is 1. The van der Waals surface area contributed by atoms with Crippen LogP contribution < -0.4 is 4.74 Å². The number of aryl methyl sites for hydroxylation is 2. The number of esters is 1. The predicted octanol–water partition coefficient (Wildman–Crippen LogP) is 7.73. The molecule has 1 atom stereocenters. The van der Waals surface area contributed by atoms with E-state index in [2.05, 4.69) is 5.18 Å². The maximum absolute atomic E-state index is 13.2. The van der Waals surface area contributed by atoms with Gasteiger partial charge in [-0.1, -0.05) is 37.2 Å².